The summed E-state index contributed by atoms with van der Waals surface area (Å²) in [4.78, 5) is 0. The largest absolute Gasteiger partial charge is 0.462 e. The quantitative estimate of drug-likeness (QED) is 0.611. The Balaban J connectivity index is 5.70. The van der Waals surface area contributed by atoms with E-state index >= 15 is 0 Å². The van der Waals surface area contributed by atoms with E-state index in [9.17, 15) is 48.3 Å². The van der Waals surface area contributed by atoms with Gasteiger partial charge in [0.25, 0.3) is 0 Å². The number of ether oxygens (including phenoxy) is 1. The van der Waals surface area contributed by atoms with E-state index in [-0.39, 0.29) is 6.08 Å². The second-order valence-electron chi connectivity index (χ2n) is 3.42. The number of rotatable bonds is 5. The summed E-state index contributed by atoms with van der Waals surface area (Å²) >= 11 is 0. The van der Waals surface area contributed by atoms with Gasteiger partial charge in [-0.25, -0.2) is 0 Å². The predicted octanol–water partition coefficient (Wildman–Crippen LogP) is 3.57. The Bertz CT molecular complexity index is 383. The van der Waals surface area contributed by atoms with Crippen LogP contribution in [0.1, 0.15) is 0 Å². The van der Waals surface area contributed by atoms with Gasteiger partial charge >= 0.3 is 30.2 Å². The molecule has 1 atom stereocenters. The van der Waals surface area contributed by atoms with E-state index in [1.54, 1.807) is 0 Å². The normalized spacial score (nSPS) is 18.1. The third kappa shape index (κ3) is 3.96. The number of halogens is 11. The summed E-state index contributed by atoms with van der Waals surface area (Å²) in [5.74, 6) is -12.8. The molecule has 0 aliphatic rings. The molecule has 0 spiro atoms. The van der Waals surface area contributed by atoms with Crippen molar-refractivity contribution in [3.8, 4) is 0 Å². The van der Waals surface area contributed by atoms with E-state index in [0.717, 1.165) is 0 Å². The van der Waals surface area contributed by atoms with E-state index in [2.05, 4.69) is 4.74 Å². The zero-order valence-corrected chi connectivity index (χ0v) is 9.37. The zero-order valence-electron chi connectivity index (χ0n) is 9.37. The van der Waals surface area contributed by atoms with Gasteiger partial charge in [-0.15, -0.1) is 0 Å². The van der Waals surface area contributed by atoms with Crippen molar-refractivity contribution < 1.29 is 58.1 Å². The lowest BCUT2D eigenvalue weighted by Crippen LogP contribution is -2.58. The number of aliphatic hydroxyl groups is 1. The molecule has 2 nitrogen and oxygen atoms in total. The SMILES string of the molecule is OC/C=C/C(F)(OC(F)(F)C(F)(F)C(F)(F)F)C(F)(F)F. The minimum atomic E-state index is -7.09. The molecule has 0 radical (unpaired) electrons. The Kier molecular flexibility index (Phi) is 5.29. The average Bonchev–Trinajstić information content (AvgIpc) is 2.22. The number of alkyl halides is 11. The first-order valence-electron chi connectivity index (χ1n) is 4.58. The maximum absolute atomic E-state index is 13.2. The minimum Gasteiger partial charge on any atom is -0.392 e. The zero-order chi connectivity index (χ0) is 17.3. The van der Waals surface area contributed by atoms with Gasteiger partial charge in [0.05, 0.1) is 6.61 Å². The Labute approximate surface area is 108 Å². The average molecular weight is 342 g/mol. The lowest BCUT2D eigenvalue weighted by molar-refractivity contribution is -0.473. The first kappa shape index (κ1) is 19.9. The highest BCUT2D eigenvalue weighted by molar-refractivity contribution is 5.02. The Morgan fingerprint density at radius 2 is 1.19 bits per heavy atom. The van der Waals surface area contributed by atoms with Crippen LogP contribution in [0.2, 0.25) is 0 Å². The fourth-order valence-electron chi connectivity index (χ4n) is 0.806. The van der Waals surface area contributed by atoms with Crippen molar-refractivity contribution in [2.75, 3.05) is 6.61 Å². The summed E-state index contributed by atoms with van der Waals surface area (Å²) < 4.78 is 137. The van der Waals surface area contributed by atoms with Crippen molar-refractivity contribution in [1.29, 1.82) is 0 Å². The van der Waals surface area contributed by atoms with Crippen LogP contribution in [0, 0.1) is 0 Å². The molecule has 0 aromatic heterocycles. The topological polar surface area (TPSA) is 29.5 Å². The fourth-order valence-corrected chi connectivity index (χ4v) is 0.806. The minimum absolute atomic E-state index is 0.171. The van der Waals surface area contributed by atoms with Crippen molar-refractivity contribution in [1.82, 2.24) is 0 Å². The third-order valence-electron chi connectivity index (χ3n) is 1.82. The molecule has 0 bridgehead atoms. The molecular formula is C8H5F11O2. The van der Waals surface area contributed by atoms with Crippen LogP contribution in [-0.4, -0.2) is 42.0 Å². The van der Waals surface area contributed by atoms with Gasteiger partial charge in [-0.3, -0.25) is 4.74 Å². The van der Waals surface area contributed by atoms with Gasteiger partial charge < -0.3 is 5.11 Å². The van der Waals surface area contributed by atoms with Crippen LogP contribution in [0.3, 0.4) is 0 Å². The van der Waals surface area contributed by atoms with Gasteiger partial charge in [-0.05, 0) is 6.08 Å². The Morgan fingerprint density at radius 3 is 1.48 bits per heavy atom. The van der Waals surface area contributed by atoms with Crippen molar-refractivity contribution in [3.05, 3.63) is 12.2 Å². The molecule has 1 N–H and O–H groups in total. The van der Waals surface area contributed by atoms with Gasteiger partial charge in [0.15, 0.2) is 0 Å². The van der Waals surface area contributed by atoms with E-state index < -0.39 is 42.9 Å². The first-order chi connectivity index (χ1) is 9.02. The number of hydrogen-bond acceptors (Lipinski definition) is 2. The summed E-state index contributed by atoms with van der Waals surface area (Å²) in [6.07, 6.45) is -21.4. The predicted molar refractivity (Wildman–Crippen MR) is 43.2 cm³/mol. The van der Waals surface area contributed by atoms with E-state index in [0.29, 0.717) is 0 Å². The van der Waals surface area contributed by atoms with Crippen LogP contribution < -0.4 is 0 Å². The standard InChI is InChI=1S/C8H5F11O2/c9-4(2-1-3-20,6(12,13)14)21-8(18,19)5(10,11)7(15,16)17/h1-2,20H,3H2/b2-1+. The van der Waals surface area contributed by atoms with E-state index in [4.69, 9.17) is 5.11 Å². The molecule has 0 aromatic carbocycles. The van der Waals surface area contributed by atoms with Crippen LogP contribution in [-0.2, 0) is 4.74 Å². The van der Waals surface area contributed by atoms with Crippen LogP contribution in [0.15, 0.2) is 12.2 Å². The summed E-state index contributed by atoms with van der Waals surface area (Å²) in [5.41, 5.74) is 0. The molecule has 0 saturated heterocycles. The molecular weight excluding hydrogens is 337 g/mol. The molecule has 0 aromatic rings. The molecule has 0 aliphatic carbocycles. The van der Waals surface area contributed by atoms with E-state index in [1.807, 2.05) is 0 Å². The third-order valence-corrected chi connectivity index (χ3v) is 1.82. The molecule has 0 saturated carbocycles. The van der Waals surface area contributed by atoms with Crippen molar-refractivity contribution in [3.63, 3.8) is 0 Å². The molecule has 21 heavy (non-hydrogen) atoms. The molecule has 1 unspecified atom stereocenters. The molecule has 0 amide bonds. The van der Waals surface area contributed by atoms with Gasteiger partial charge in [0.1, 0.15) is 0 Å². The smallest absolute Gasteiger partial charge is 0.392 e. The summed E-state index contributed by atoms with van der Waals surface area (Å²) in [5, 5.41) is 8.09. The molecule has 0 rings (SSSR count). The van der Waals surface area contributed by atoms with Gasteiger partial charge in [-0.2, -0.15) is 48.3 Å². The Morgan fingerprint density at radius 1 is 0.762 bits per heavy atom. The van der Waals surface area contributed by atoms with Gasteiger partial charge in [0.2, 0.25) is 0 Å². The lowest BCUT2D eigenvalue weighted by atomic mass is 10.2. The summed E-state index contributed by atoms with van der Waals surface area (Å²) in [7, 11) is 0. The second kappa shape index (κ2) is 5.59. The maximum Gasteiger partial charge on any atom is 0.462 e. The van der Waals surface area contributed by atoms with Gasteiger partial charge in [0, 0.05) is 0 Å². The van der Waals surface area contributed by atoms with Crippen LogP contribution in [0.4, 0.5) is 48.3 Å². The van der Waals surface area contributed by atoms with Crippen LogP contribution >= 0.6 is 0 Å². The number of aliphatic hydroxyl groups excluding tert-OH is 1. The highest BCUT2D eigenvalue weighted by Gasteiger charge is 2.77. The second-order valence-corrected chi connectivity index (χ2v) is 3.42. The molecule has 0 aliphatic heterocycles. The Hall–Kier alpha value is -1.11. The summed E-state index contributed by atoms with van der Waals surface area (Å²) in [6, 6.07) is 0. The van der Waals surface area contributed by atoms with Crippen LogP contribution in [0.25, 0.3) is 0 Å². The lowest BCUT2D eigenvalue weighted by Gasteiger charge is -2.33. The molecule has 0 fully saturated rings. The van der Waals surface area contributed by atoms with Gasteiger partial charge in [-0.1, -0.05) is 6.08 Å². The fraction of sp³-hybridized carbons (Fsp3) is 0.750. The maximum atomic E-state index is 13.2. The highest BCUT2D eigenvalue weighted by atomic mass is 19.4. The van der Waals surface area contributed by atoms with Crippen molar-refractivity contribution in [2.45, 2.75) is 30.2 Å². The molecule has 0 heterocycles. The van der Waals surface area contributed by atoms with Crippen LogP contribution in [0.5, 0.6) is 0 Å². The highest BCUT2D eigenvalue weighted by Crippen LogP contribution is 2.51. The van der Waals surface area contributed by atoms with Crippen molar-refractivity contribution >= 4 is 0 Å². The van der Waals surface area contributed by atoms with Crippen molar-refractivity contribution in [2.24, 2.45) is 0 Å². The monoisotopic (exact) mass is 342 g/mol. The molecule has 126 valence electrons. The van der Waals surface area contributed by atoms with E-state index in [1.165, 1.54) is 0 Å². The number of hydrogen-bond donors (Lipinski definition) is 1. The first-order valence-corrected chi connectivity index (χ1v) is 4.58. The summed E-state index contributed by atoms with van der Waals surface area (Å²) in [6.45, 7) is -1.35. The molecule has 13 heteroatoms.